The molecule has 0 radical (unpaired) electrons. The minimum atomic E-state index is -0.390. The Morgan fingerprint density at radius 1 is 1.10 bits per heavy atom. The van der Waals surface area contributed by atoms with Crippen molar-refractivity contribution in [3.63, 3.8) is 0 Å². The van der Waals surface area contributed by atoms with E-state index in [1.807, 2.05) is 29.8 Å². The minimum Gasteiger partial charge on any atom is -0.389 e. The third-order valence-electron chi connectivity index (χ3n) is 4.98. The molecule has 1 heterocycles. The topological polar surface area (TPSA) is 87.5 Å². The molecule has 0 aliphatic heterocycles. The number of unbranched alkanes of at least 4 members (excludes halogenated alkanes) is 3. The van der Waals surface area contributed by atoms with E-state index < -0.39 is 0 Å². The fourth-order valence-corrected chi connectivity index (χ4v) is 3.71. The van der Waals surface area contributed by atoms with Gasteiger partial charge in [-0.05, 0) is 31.0 Å². The van der Waals surface area contributed by atoms with Gasteiger partial charge in [0.25, 0.3) is 0 Å². The minimum absolute atomic E-state index is 0.0778. The second-order valence-electron chi connectivity index (χ2n) is 7.19. The number of hydrogen-bond donors (Lipinski definition) is 2. The van der Waals surface area contributed by atoms with E-state index in [0.717, 1.165) is 42.4 Å². The van der Waals surface area contributed by atoms with Gasteiger partial charge in [-0.2, -0.15) is 0 Å². The first-order valence-electron chi connectivity index (χ1n) is 10.3. The highest BCUT2D eigenvalue weighted by Crippen LogP contribution is 2.24. The van der Waals surface area contributed by atoms with Crippen LogP contribution in [-0.4, -0.2) is 57.8 Å². The smallest absolute Gasteiger partial charge is 0.226 e. The van der Waals surface area contributed by atoms with Crippen LogP contribution in [0.25, 0.3) is 11.0 Å². The lowest BCUT2D eigenvalue weighted by Gasteiger charge is -2.22. The molecule has 166 valence electrons. The Labute approximate surface area is 187 Å². The zero-order valence-electron chi connectivity index (χ0n) is 17.4. The average Bonchev–Trinajstić information content (AvgIpc) is 3.04. The number of anilines is 2. The van der Waals surface area contributed by atoms with Gasteiger partial charge in [-0.15, -0.1) is 23.2 Å². The van der Waals surface area contributed by atoms with Crippen molar-refractivity contribution in [1.82, 2.24) is 9.55 Å². The molecule has 0 spiro atoms. The fourth-order valence-electron chi connectivity index (χ4n) is 3.30. The second-order valence-corrected chi connectivity index (χ2v) is 7.95. The van der Waals surface area contributed by atoms with Crippen molar-refractivity contribution < 1.29 is 14.7 Å². The number of Topliss-reactive ketones (excluding diaryl/α,β-unsaturated/α-hetero) is 1. The van der Waals surface area contributed by atoms with Gasteiger partial charge in [0.05, 0.1) is 11.0 Å². The highest BCUT2D eigenvalue weighted by Gasteiger charge is 2.13. The molecule has 1 aromatic heterocycles. The summed E-state index contributed by atoms with van der Waals surface area (Å²) in [7, 11) is 1.87. The third-order valence-corrected chi connectivity index (χ3v) is 5.31. The van der Waals surface area contributed by atoms with Crippen LogP contribution < -0.4 is 10.2 Å². The number of aliphatic hydroxyl groups is 1. The van der Waals surface area contributed by atoms with Crippen molar-refractivity contribution in [3.8, 4) is 0 Å². The SMILES string of the molecule is Cn1c(NC(=O)CCCCCCC(=O)CO)nc2cc(N(CCCl)CCCl)ccc21. The molecule has 2 rings (SSSR count). The molecule has 9 heteroatoms. The summed E-state index contributed by atoms with van der Waals surface area (Å²) in [5.74, 6) is 1.32. The lowest BCUT2D eigenvalue weighted by molar-refractivity contribution is -0.122. The van der Waals surface area contributed by atoms with Crippen LogP contribution in [0.1, 0.15) is 38.5 Å². The Bertz CT molecular complexity index is 835. The molecule has 0 bridgehead atoms. The van der Waals surface area contributed by atoms with E-state index in [1.54, 1.807) is 0 Å². The molecule has 0 aliphatic rings. The summed E-state index contributed by atoms with van der Waals surface area (Å²) >= 11 is 11.8. The van der Waals surface area contributed by atoms with Gasteiger partial charge >= 0.3 is 0 Å². The number of aliphatic hydroxyl groups excluding tert-OH is 1. The largest absolute Gasteiger partial charge is 0.389 e. The predicted molar refractivity (Wildman–Crippen MR) is 123 cm³/mol. The zero-order chi connectivity index (χ0) is 21.9. The molecule has 0 atom stereocenters. The lowest BCUT2D eigenvalue weighted by Crippen LogP contribution is -2.27. The summed E-state index contributed by atoms with van der Waals surface area (Å²) in [5.41, 5.74) is 2.73. The van der Waals surface area contributed by atoms with Crippen molar-refractivity contribution in [2.24, 2.45) is 7.05 Å². The maximum Gasteiger partial charge on any atom is 0.226 e. The molecule has 1 amide bonds. The molecule has 7 nitrogen and oxygen atoms in total. The molecular weight excluding hydrogens is 427 g/mol. The third kappa shape index (κ3) is 7.15. The number of aromatic nitrogens is 2. The van der Waals surface area contributed by atoms with Gasteiger partial charge in [-0.1, -0.05) is 12.8 Å². The first kappa shape index (κ1) is 24.4. The molecule has 1 aromatic carbocycles. The number of carbonyl (C=O) groups is 2. The molecule has 0 fully saturated rings. The van der Waals surface area contributed by atoms with Crippen LogP contribution >= 0.6 is 23.2 Å². The van der Waals surface area contributed by atoms with E-state index in [9.17, 15) is 9.59 Å². The standard InChI is InChI=1S/C21H30Cl2N4O3/c1-26-19-9-8-16(27(12-10-22)13-11-23)14-18(19)24-21(26)25-20(30)7-5-3-2-4-6-17(29)15-28/h8-9,14,28H,2-7,10-13,15H2,1H3,(H,24,25,30). The first-order valence-corrected chi connectivity index (χ1v) is 11.3. The maximum absolute atomic E-state index is 12.3. The van der Waals surface area contributed by atoms with Crippen LogP contribution in [-0.2, 0) is 16.6 Å². The van der Waals surface area contributed by atoms with Crippen molar-refractivity contribution >= 4 is 57.6 Å². The van der Waals surface area contributed by atoms with Gasteiger partial charge in [-0.3, -0.25) is 14.9 Å². The Balaban J connectivity index is 1.91. The number of carbonyl (C=O) groups excluding carboxylic acids is 2. The van der Waals surface area contributed by atoms with E-state index in [0.29, 0.717) is 43.6 Å². The molecular formula is C21H30Cl2N4O3. The van der Waals surface area contributed by atoms with Crippen molar-refractivity contribution in [1.29, 1.82) is 0 Å². The van der Waals surface area contributed by atoms with Gasteiger partial charge in [0.2, 0.25) is 11.9 Å². The number of ketones is 1. The Morgan fingerprint density at radius 3 is 2.40 bits per heavy atom. The number of nitrogens with zero attached hydrogens (tertiary/aromatic N) is 3. The number of rotatable bonds is 14. The van der Waals surface area contributed by atoms with Crippen LogP contribution in [0.5, 0.6) is 0 Å². The quantitative estimate of drug-likeness (QED) is 0.334. The van der Waals surface area contributed by atoms with E-state index >= 15 is 0 Å². The number of nitrogens with one attached hydrogen (secondary N) is 1. The van der Waals surface area contributed by atoms with Crippen LogP contribution in [0.2, 0.25) is 0 Å². The fraction of sp³-hybridized carbons (Fsp3) is 0.571. The summed E-state index contributed by atoms with van der Waals surface area (Å²) in [6.45, 7) is 1.01. The molecule has 30 heavy (non-hydrogen) atoms. The Morgan fingerprint density at radius 2 is 1.77 bits per heavy atom. The van der Waals surface area contributed by atoms with Gasteiger partial charge in [0.1, 0.15) is 6.61 Å². The number of imidazole rings is 1. The van der Waals surface area contributed by atoms with Crippen LogP contribution in [0.3, 0.4) is 0 Å². The number of halogens is 2. The maximum atomic E-state index is 12.3. The van der Waals surface area contributed by atoms with E-state index in [2.05, 4.69) is 15.2 Å². The van der Waals surface area contributed by atoms with Gasteiger partial charge in [-0.25, -0.2) is 4.98 Å². The predicted octanol–water partition coefficient (Wildman–Crippen LogP) is 3.70. The lowest BCUT2D eigenvalue weighted by atomic mass is 10.1. The molecule has 0 saturated carbocycles. The molecule has 2 aromatic rings. The first-order chi connectivity index (χ1) is 14.5. The number of benzene rings is 1. The van der Waals surface area contributed by atoms with Crippen molar-refractivity contribution in [2.75, 3.05) is 41.7 Å². The Hall–Kier alpha value is -1.83. The summed E-state index contributed by atoms with van der Waals surface area (Å²) in [6.07, 6.45) is 4.04. The molecule has 0 aliphatic carbocycles. The number of aryl methyl sites for hydroxylation is 1. The second kappa shape index (κ2) is 12.8. The van der Waals surface area contributed by atoms with E-state index in [1.165, 1.54) is 0 Å². The van der Waals surface area contributed by atoms with Crippen molar-refractivity contribution in [3.05, 3.63) is 18.2 Å². The summed E-state index contributed by atoms with van der Waals surface area (Å²) in [6, 6.07) is 5.98. The highest BCUT2D eigenvalue weighted by molar-refractivity contribution is 6.18. The van der Waals surface area contributed by atoms with Gasteiger partial charge < -0.3 is 14.6 Å². The average molecular weight is 457 g/mol. The van der Waals surface area contributed by atoms with E-state index in [-0.39, 0.29) is 18.3 Å². The van der Waals surface area contributed by atoms with Crippen molar-refractivity contribution in [2.45, 2.75) is 38.5 Å². The van der Waals surface area contributed by atoms with Crippen LogP contribution in [0, 0.1) is 0 Å². The number of fused-ring (bicyclic) bond motifs is 1. The summed E-state index contributed by atoms with van der Waals surface area (Å²) in [4.78, 5) is 30.0. The van der Waals surface area contributed by atoms with Gasteiger partial charge in [0.15, 0.2) is 5.78 Å². The van der Waals surface area contributed by atoms with Crippen LogP contribution in [0.15, 0.2) is 18.2 Å². The van der Waals surface area contributed by atoms with Gasteiger partial charge in [0, 0.05) is 50.4 Å². The van der Waals surface area contributed by atoms with Crippen LogP contribution in [0.4, 0.5) is 11.6 Å². The molecule has 0 unspecified atom stereocenters. The monoisotopic (exact) mass is 456 g/mol. The number of hydrogen-bond acceptors (Lipinski definition) is 5. The molecule has 0 saturated heterocycles. The van der Waals surface area contributed by atoms with E-state index in [4.69, 9.17) is 28.3 Å². The highest BCUT2D eigenvalue weighted by atomic mass is 35.5. The number of alkyl halides is 2. The Kier molecular flexibility index (Phi) is 10.4. The number of amides is 1. The normalized spacial score (nSPS) is 11.1. The zero-order valence-corrected chi connectivity index (χ0v) is 18.9. The summed E-state index contributed by atoms with van der Waals surface area (Å²) in [5, 5.41) is 11.6. The summed E-state index contributed by atoms with van der Waals surface area (Å²) < 4.78 is 1.87. The molecule has 2 N–H and O–H groups in total.